The molecule has 17 nitrogen and oxygen atoms in total. The highest BCUT2D eigenvalue weighted by molar-refractivity contribution is 5.95. The van der Waals surface area contributed by atoms with Gasteiger partial charge in [-0.1, -0.05) is 44.2 Å². The molecule has 1 rings (SSSR count). The van der Waals surface area contributed by atoms with Gasteiger partial charge in [0.2, 0.25) is 41.4 Å². The summed E-state index contributed by atoms with van der Waals surface area (Å²) in [5.74, 6) is -6.21. The molecule has 0 unspecified atom stereocenters. The molecule has 1 aromatic carbocycles. The van der Waals surface area contributed by atoms with Crippen molar-refractivity contribution >= 4 is 47.3 Å². The highest BCUT2D eigenvalue weighted by Crippen LogP contribution is 2.10. The van der Waals surface area contributed by atoms with Crippen molar-refractivity contribution in [2.24, 2.45) is 17.4 Å². The molecule has 50 heavy (non-hydrogen) atoms. The summed E-state index contributed by atoms with van der Waals surface area (Å²) in [6.45, 7) is 4.14. The Morgan fingerprint density at radius 3 is 1.82 bits per heavy atom. The molecular formula is C33H52N8O9. The number of carboxylic acid groups (broad SMARTS) is 1. The number of unbranched alkanes of at least 4 members (excludes halogenated alkanes) is 1. The average Bonchev–Trinajstić information content (AvgIpc) is 3.03. The standard InChI is InChI=1S/C33H52N8O9/c1-20(2)29(39-27(44)19-40(4)32(49)24(36-21(3)42)13-9-10-16-34)31(48)38-25(17-22-11-7-6-8-12-22)33(50)41(5)18-26(43)37-23(30(35)47)14-15-28(45)46/h6-8,11-12,20,23-25,29H,9-10,13-19,34H2,1-5H3,(H2,35,47)(H,36,42)(H,37,43)(H,38,48)(H,39,44)(H,45,46)/t23-,24-,25-,29-/m0/s1. The third-order valence-corrected chi connectivity index (χ3v) is 7.62. The molecule has 0 radical (unpaired) electrons. The molecule has 0 fully saturated rings. The van der Waals surface area contributed by atoms with Crippen LogP contribution >= 0.6 is 0 Å². The van der Waals surface area contributed by atoms with E-state index < -0.39 is 96.9 Å². The number of hydrogen-bond donors (Lipinski definition) is 7. The molecule has 17 heteroatoms. The van der Waals surface area contributed by atoms with Crippen molar-refractivity contribution in [3.05, 3.63) is 35.9 Å². The summed E-state index contributed by atoms with van der Waals surface area (Å²) >= 11 is 0. The first-order valence-corrected chi connectivity index (χ1v) is 16.4. The van der Waals surface area contributed by atoms with Crippen molar-refractivity contribution in [1.29, 1.82) is 0 Å². The average molecular weight is 705 g/mol. The summed E-state index contributed by atoms with van der Waals surface area (Å²) < 4.78 is 0. The van der Waals surface area contributed by atoms with E-state index >= 15 is 0 Å². The van der Waals surface area contributed by atoms with Crippen LogP contribution in [0.2, 0.25) is 0 Å². The number of likely N-dealkylation sites (N-methyl/N-ethyl adjacent to an activating group) is 2. The zero-order chi connectivity index (χ0) is 38.0. The topological polar surface area (TPSA) is 263 Å². The SMILES string of the molecule is CC(=O)N[C@@H](CCCCN)C(=O)N(C)CC(=O)N[C@H](C(=O)N[C@@H](Cc1ccccc1)C(=O)N(C)CC(=O)N[C@@H](CCC(=O)O)C(N)=O)C(C)C. The summed E-state index contributed by atoms with van der Waals surface area (Å²) in [6, 6.07) is 4.36. The number of nitrogens with two attached hydrogens (primary N) is 2. The van der Waals surface area contributed by atoms with Crippen LogP contribution < -0.4 is 32.7 Å². The fraction of sp³-hybridized carbons (Fsp3) is 0.576. The van der Waals surface area contributed by atoms with E-state index in [0.29, 0.717) is 31.4 Å². The van der Waals surface area contributed by atoms with Crippen molar-refractivity contribution in [3.63, 3.8) is 0 Å². The van der Waals surface area contributed by atoms with Gasteiger partial charge < -0.3 is 47.6 Å². The zero-order valence-electron chi connectivity index (χ0n) is 29.4. The highest BCUT2D eigenvalue weighted by Gasteiger charge is 2.32. The Hall–Kier alpha value is -5.06. The van der Waals surface area contributed by atoms with E-state index in [2.05, 4.69) is 21.3 Å². The Balaban J connectivity index is 3.08. The maximum absolute atomic E-state index is 13.6. The van der Waals surface area contributed by atoms with Gasteiger partial charge >= 0.3 is 5.97 Å². The highest BCUT2D eigenvalue weighted by atomic mass is 16.4. The number of benzene rings is 1. The Bertz CT molecular complexity index is 1340. The molecule has 0 aromatic heterocycles. The lowest BCUT2D eigenvalue weighted by atomic mass is 10.0. The Morgan fingerprint density at radius 2 is 1.32 bits per heavy atom. The van der Waals surface area contributed by atoms with Crippen LogP contribution in [0.25, 0.3) is 0 Å². The van der Waals surface area contributed by atoms with Gasteiger partial charge in [0.15, 0.2) is 0 Å². The molecule has 0 saturated carbocycles. The first-order chi connectivity index (χ1) is 23.5. The van der Waals surface area contributed by atoms with Crippen molar-refractivity contribution in [1.82, 2.24) is 31.1 Å². The van der Waals surface area contributed by atoms with Crippen LogP contribution in [-0.4, -0.2) is 120 Å². The number of hydrogen-bond acceptors (Lipinski definition) is 9. The summed E-state index contributed by atoms with van der Waals surface area (Å²) in [7, 11) is 2.73. The second-order valence-electron chi connectivity index (χ2n) is 12.4. The first-order valence-electron chi connectivity index (χ1n) is 16.4. The molecule has 4 atom stereocenters. The molecule has 0 spiro atoms. The van der Waals surface area contributed by atoms with Gasteiger partial charge in [0, 0.05) is 33.9 Å². The summed E-state index contributed by atoms with van der Waals surface area (Å²) in [5, 5.41) is 19.2. The van der Waals surface area contributed by atoms with Crippen LogP contribution in [0, 0.1) is 5.92 Å². The van der Waals surface area contributed by atoms with Gasteiger partial charge in [-0.2, -0.15) is 0 Å². The lowest BCUT2D eigenvalue weighted by Crippen LogP contribution is -2.58. The van der Waals surface area contributed by atoms with Crippen molar-refractivity contribution in [2.75, 3.05) is 33.7 Å². The second-order valence-corrected chi connectivity index (χ2v) is 12.4. The first kappa shape index (κ1) is 43.0. The van der Waals surface area contributed by atoms with Crippen molar-refractivity contribution < 1.29 is 43.5 Å². The van der Waals surface area contributed by atoms with E-state index in [4.69, 9.17) is 16.6 Å². The Morgan fingerprint density at radius 1 is 0.760 bits per heavy atom. The van der Waals surface area contributed by atoms with Gasteiger partial charge in [-0.25, -0.2) is 0 Å². The quantitative estimate of drug-likeness (QED) is 0.0669. The molecular weight excluding hydrogens is 652 g/mol. The molecule has 7 amide bonds. The number of carbonyl (C=O) groups excluding carboxylic acids is 7. The molecule has 0 aliphatic carbocycles. The summed E-state index contributed by atoms with van der Waals surface area (Å²) in [5.41, 5.74) is 11.5. The third kappa shape index (κ3) is 15.9. The van der Waals surface area contributed by atoms with Gasteiger partial charge in [-0.15, -0.1) is 0 Å². The number of nitrogens with zero attached hydrogens (tertiary/aromatic N) is 2. The van der Waals surface area contributed by atoms with Gasteiger partial charge in [-0.3, -0.25) is 38.4 Å². The van der Waals surface area contributed by atoms with Crippen LogP contribution in [0.1, 0.15) is 58.4 Å². The normalized spacial score (nSPS) is 13.2. The maximum Gasteiger partial charge on any atom is 0.303 e. The lowest BCUT2D eigenvalue weighted by molar-refractivity contribution is -0.140. The monoisotopic (exact) mass is 704 g/mol. The molecule has 1 aromatic rings. The number of carbonyl (C=O) groups is 8. The predicted molar refractivity (Wildman–Crippen MR) is 183 cm³/mol. The number of aliphatic carboxylic acids is 1. The number of amides is 7. The van der Waals surface area contributed by atoms with Crippen LogP contribution in [0.3, 0.4) is 0 Å². The lowest BCUT2D eigenvalue weighted by Gasteiger charge is -2.29. The minimum Gasteiger partial charge on any atom is -0.481 e. The van der Waals surface area contributed by atoms with E-state index in [0.717, 1.165) is 9.80 Å². The molecule has 0 aliphatic heterocycles. The zero-order valence-corrected chi connectivity index (χ0v) is 29.4. The van der Waals surface area contributed by atoms with E-state index in [1.807, 2.05) is 0 Å². The Kier molecular flexibility index (Phi) is 18.7. The molecule has 0 bridgehead atoms. The number of carboxylic acids is 1. The predicted octanol–water partition coefficient (Wildman–Crippen LogP) is -1.76. The minimum absolute atomic E-state index is 0.0323. The maximum atomic E-state index is 13.6. The Labute approximate surface area is 292 Å². The van der Waals surface area contributed by atoms with Gasteiger partial charge in [0.1, 0.15) is 24.2 Å². The number of rotatable bonds is 22. The second kappa shape index (κ2) is 21.8. The van der Waals surface area contributed by atoms with E-state index in [-0.39, 0.29) is 12.8 Å². The third-order valence-electron chi connectivity index (χ3n) is 7.62. The van der Waals surface area contributed by atoms with Crippen molar-refractivity contribution in [2.45, 2.75) is 83.5 Å². The number of primary amides is 1. The fourth-order valence-corrected chi connectivity index (χ4v) is 4.97. The molecule has 9 N–H and O–H groups in total. The van der Waals surface area contributed by atoms with Gasteiger partial charge in [0.05, 0.1) is 13.1 Å². The summed E-state index contributed by atoms with van der Waals surface area (Å²) in [6.07, 6.45) is 0.956. The number of nitrogens with one attached hydrogen (secondary N) is 4. The van der Waals surface area contributed by atoms with E-state index in [9.17, 15) is 38.4 Å². The van der Waals surface area contributed by atoms with Crippen LogP contribution in [-0.2, 0) is 44.8 Å². The van der Waals surface area contributed by atoms with Gasteiger partial charge in [0.25, 0.3) is 0 Å². The summed E-state index contributed by atoms with van der Waals surface area (Å²) in [4.78, 5) is 103. The van der Waals surface area contributed by atoms with E-state index in [1.54, 1.807) is 44.2 Å². The smallest absolute Gasteiger partial charge is 0.303 e. The van der Waals surface area contributed by atoms with Crippen LogP contribution in [0.15, 0.2) is 30.3 Å². The molecule has 0 aliphatic rings. The van der Waals surface area contributed by atoms with Crippen LogP contribution in [0.5, 0.6) is 0 Å². The molecule has 278 valence electrons. The van der Waals surface area contributed by atoms with Gasteiger partial charge in [-0.05, 0) is 43.7 Å². The molecule has 0 saturated heterocycles. The fourth-order valence-electron chi connectivity index (χ4n) is 4.97. The van der Waals surface area contributed by atoms with Crippen molar-refractivity contribution in [3.8, 4) is 0 Å². The minimum atomic E-state index is -1.26. The molecule has 0 heterocycles. The van der Waals surface area contributed by atoms with E-state index in [1.165, 1.54) is 21.0 Å². The largest absolute Gasteiger partial charge is 0.481 e. The van der Waals surface area contributed by atoms with Crippen LogP contribution in [0.4, 0.5) is 0 Å².